The van der Waals surface area contributed by atoms with Crippen molar-refractivity contribution in [1.82, 2.24) is 4.98 Å². The molecule has 2 rings (SSSR count). The molecular weight excluding hydrogens is 260 g/mol. The van der Waals surface area contributed by atoms with E-state index in [4.69, 9.17) is 5.73 Å². The first-order valence-electron chi connectivity index (χ1n) is 5.96. The fourth-order valence-corrected chi connectivity index (χ4v) is 2.64. The lowest BCUT2D eigenvalue weighted by Crippen LogP contribution is -2.45. The monoisotopic (exact) mass is 276 g/mol. The molecule has 0 aliphatic carbocycles. The van der Waals surface area contributed by atoms with Gasteiger partial charge in [-0.3, -0.25) is 4.79 Å². The zero-order chi connectivity index (χ0) is 13.9. The Hall–Kier alpha value is -1.72. The van der Waals surface area contributed by atoms with Crippen molar-refractivity contribution < 1.29 is 9.90 Å². The van der Waals surface area contributed by atoms with E-state index in [0.717, 1.165) is 16.8 Å². The molecule has 1 aromatic carbocycles. The number of aryl methyl sites for hydroxylation is 1. The van der Waals surface area contributed by atoms with Crippen LogP contribution in [-0.4, -0.2) is 22.6 Å². The zero-order valence-electron chi connectivity index (χ0n) is 10.7. The Bertz CT molecular complexity index is 551. The van der Waals surface area contributed by atoms with Gasteiger partial charge in [0.15, 0.2) is 0 Å². The largest absolute Gasteiger partial charge is 0.481 e. The molecule has 0 saturated carbocycles. The zero-order valence-corrected chi connectivity index (χ0v) is 11.5. The fraction of sp³-hybridized carbons (Fsp3) is 0.286. The minimum Gasteiger partial charge on any atom is -0.481 e. The molecule has 5 heteroatoms. The van der Waals surface area contributed by atoms with E-state index in [1.807, 2.05) is 36.6 Å². The maximum Gasteiger partial charge on any atom is 0.315 e. The van der Waals surface area contributed by atoms with Crippen molar-refractivity contribution in [2.45, 2.75) is 18.8 Å². The van der Waals surface area contributed by atoms with Crippen LogP contribution in [0.3, 0.4) is 0 Å². The molecular formula is C14H16N2O2S. The first-order chi connectivity index (χ1) is 9.08. The van der Waals surface area contributed by atoms with Gasteiger partial charge < -0.3 is 10.8 Å². The number of carboxylic acids is 1. The smallest absolute Gasteiger partial charge is 0.315 e. The molecule has 1 atom stereocenters. The van der Waals surface area contributed by atoms with Crippen LogP contribution in [0.2, 0.25) is 0 Å². The van der Waals surface area contributed by atoms with Crippen LogP contribution in [0.1, 0.15) is 16.8 Å². The Morgan fingerprint density at radius 3 is 2.58 bits per heavy atom. The molecule has 0 radical (unpaired) electrons. The molecule has 100 valence electrons. The molecule has 2 aromatic rings. The number of nitrogens with two attached hydrogens (primary N) is 1. The summed E-state index contributed by atoms with van der Waals surface area (Å²) in [6.07, 6.45) is 0.311. The van der Waals surface area contributed by atoms with E-state index in [1.165, 1.54) is 11.3 Å². The summed E-state index contributed by atoms with van der Waals surface area (Å²) in [5, 5.41) is 11.5. The third-order valence-electron chi connectivity index (χ3n) is 3.33. The van der Waals surface area contributed by atoms with Crippen LogP contribution in [0.25, 0.3) is 0 Å². The number of carboxylic acid groups (broad SMARTS) is 1. The molecule has 0 aliphatic heterocycles. The molecule has 0 fully saturated rings. The van der Waals surface area contributed by atoms with Gasteiger partial charge in [-0.1, -0.05) is 29.8 Å². The lowest BCUT2D eigenvalue weighted by Gasteiger charge is -2.28. The number of aromatic nitrogens is 1. The lowest BCUT2D eigenvalue weighted by molar-refractivity contribution is -0.143. The predicted octanol–water partition coefficient (Wildman–Crippen LogP) is 1.98. The summed E-state index contributed by atoms with van der Waals surface area (Å²) in [5.41, 5.74) is 8.96. The Balaban J connectivity index is 2.44. The van der Waals surface area contributed by atoms with Gasteiger partial charge in [0.2, 0.25) is 0 Å². The second kappa shape index (κ2) is 5.50. The van der Waals surface area contributed by atoms with Gasteiger partial charge in [0, 0.05) is 18.3 Å². The van der Waals surface area contributed by atoms with E-state index in [2.05, 4.69) is 4.98 Å². The molecule has 0 amide bonds. The highest BCUT2D eigenvalue weighted by Crippen LogP contribution is 2.28. The van der Waals surface area contributed by atoms with Crippen molar-refractivity contribution in [3.8, 4) is 0 Å². The third kappa shape index (κ3) is 2.67. The number of hydrogen-bond donors (Lipinski definition) is 2. The number of nitrogens with zero attached hydrogens (tertiary/aromatic N) is 1. The van der Waals surface area contributed by atoms with Crippen molar-refractivity contribution in [3.05, 3.63) is 52.0 Å². The molecule has 1 heterocycles. The highest BCUT2D eigenvalue weighted by molar-refractivity contribution is 7.07. The van der Waals surface area contributed by atoms with E-state index in [1.54, 1.807) is 5.51 Å². The molecule has 0 spiro atoms. The molecule has 4 nitrogen and oxygen atoms in total. The van der Waals surface area contributed by atoms with E-state index in [-0.39, 0.29) is 6.54 Å². The Labute approximate surface area is 115 Å². The van der Waals surface area contributed by atoms with Gasteiger partial charge in [-0.15, -0.1) is 11.3 Å². The first kappa shape index (κ1) is 13.7. The standard InChI is InChI=1S/C14H16N2O2S/c1-10-2-4-11(5-3-10)14(8-15,13(17)18)6-12-7-19-9-16-12/h2-5,7,9H,6,8,15H2,1H3,(H,17,18). The van der Waals surface area contributed by atoms with Crippen LogP contribution in [-0.2, 0) is 16.6 Å². The second-order valence-corrected chi connectivity index (χ2v) is 5.33. The molecule has 0 saturated heterocycles. The van der Waals surface area contributed by atoms with Crippen LogP contribution in [0.5, 0.6) is 0 Å². The average Bonchev–Trinajstić information content (AvgIpc) is 2.89. The van der Waals surface area contributed by atoms with Crippen LogP contribution in [0, 0.1) is 6.92 Å². The molecule has 1 aromatic heterocycles. The summed E-state index contributed by atoms with van der Waals surface area (Å²) in [7, 11) is 0. The lowest BCUT2D eigenvalue weighted by atomic mass is 9.76. The molecule has 3 N–H and O–H groups in total. The van der Waals surface area contributed by atoms with Gasteiger partial charge in [-0.05, 0) is 12.5 Å². The number of hydrogen-bond acceptors (Lipinski definition) is 4. The summed E-state index contributed by atoms with van der Waals surface area (Å²) in [6, 6.07) is 7.48. The normalized spacial score (nSPS) is 14.0. The summed E-state index contributed by atoms with van der Waals surface area (Å²) in [4.78, 5) is 15.9. The number of benzene rings is 1. The number of thiazole rings is 1. The Kier molecular flexibility index (Phi) is 3.97. The highest BCUT2D eigenvalue weighted by atomic mass is 32.1. The molecule has 19 heavy (non-hydrogen) atoms. The van der Waals surface area contributed by atoms with E-state index >= 15 is 0 Å². The number of aliphatic carboxylic acids is 1. The SMILES string of the molecule is Cc1ccc(C(CN)(Cc2cscn2)C(=O)O)cc1. The van der Waals surface area contributed by atoms with Crippen molar-refractivity contribution in [3.63, 3.8) is 0 Å². The van der Waals surface area contributed by atoms with E-state index in [9.17, 15) is 9.90 Å². The third-order valence-corrected chi connectivity index (χ3v) is 3.96. The fourth-order valence-electron chi connectivity index (χ4n) is 2.09. The van der Waals surface area contributed by atoms with Gasteiger partial charge in [0.05, 0.1) is 11.2 Å². The topological polar surface area (TPSA) is 76.2 Å². The quantitative estimate of drug-likeness (QED) is 0.875. The Morgan fingerprint density at radius 2 is 2.11 bits per heavy atom. The predicted molar refractivity (Wildman–Crippen MR) is 75.4 cm³/mol. The van der Waals surface area contributed by atoms with Gasteiger partial charge in [-0.2, -0.15) is 0 Å². The van der Waals surface area contributed by atoms with E-state index < -0.39 is 11.4 Å². The van der Waals surface area contributed by atoms with Gasteiger partial charge in [0.1, 0.15) is 5.41 Å². The van der Waals surface area contributed by atoms with Gasteiger partial charge >= 0.3 is 5.97 Å². The second-order valence-electron chi connectivity index (χ2n) is 4.61. The molecule has 0 bridgehead atoms. The van der Waals surface area contributed by atoms with Gasteiger partial charge in [0.25, 0.3) is 0 Å². The maximum atomic E-state index is 11.8. The van der Waals surface area contributed by atoms with Crippen LogP contribution >= 0.6 is 11.3 Å². The summed E-state index contributed by atoms with van der Waals surface area (Å²) in [6.45, 7) is 2.01. The number of rotatable bonds is 5. The summed E-state index contributed by atoms with van der Waals surface area (Å²) < 4.78 is 0. The summed E-state index contributed by atoms with van der Waals surface area (Å²) >= 11 is 1.46. The number of carbonyl (C=O) groups is 1. The van der Waals surface area contributed by atoms with Crippen LogP contribution in [0.4, 0.5) is 0 Å². The highest BCUT2D eigenvalue weighted by Gasteiger charge is 2.39. The van der Waals surface area contributed by atoms with Crippen molar-refractivity contribution in [1.29, 1.82) is 0 Å². The molecule has 0 aliphatic rings. The Morgan fingerprint density at radius 1 is 1.42 bits per heavy atom. The first-order valence-corrected chi connectivity index (χ1v) is 6.90. The van der Waals surface area contributed by atoms with Gasteiger partial charge in [-0.25, -0.2) is 4.98 Å². The molecule has 1 unspecified atom stereocenters. The van der Waals surface area contributed by atoms with Crippen molar-refractivity contribution in [2.75, 3.05) is 6.54 Å². The maximum absolute atomic E-state index is 11.8. The minimum absolute atomic E-state index is 0.0446. The van der Waals surface area contributed by atoms with Crippen LogP contribution in [0.15, 0.2) is 35.2 Å². The van der Waals surface area contributed by atoms with Crippen LogP contribution < -0.4 is 5.73 Å². The van der Waals surface area contributed by atoms with Crippen molar-refractivity contribution >= 4 is 17.3 Å². The summed E-state index contributed by atoms with van der Waals surface area (Å²) in [5.74, 6) is -0.910. The van der Waals surface area contributed by atoms with Crippen molar-refractivity contribution in [2.24, 2.45) is 5.73 Å². The van der Waals surface area contributed by atoms with E-state index in [0.29, 0.717) is 6.42 Å². The average molecular weight is 276 g/mol. The minimum atomic E-state index is -1.11.